The molecule has 0 atom stereocenters. The lowest BCUT2D eigenvalue weighted by Gasteiger charge is -2.25. The second-order valence-electron chi connectivity index (χ2n) is 5.10. The Morgan fingerprint density at radius 3 is 2.67 bits per heavy atom. The number of ether oxygens (including phenoxy) is 1. The first-order chi connectivity index (χ1) is 8.73. The van der Waals surface area contributed by atoms with Crippen LogP contribution in [0, 0.1) is 0 Å². The maximum atomic E-state index is 6.53. The van der Waals surface area contributed by atoms with Crippen molar-refractivity contribution >= 4 is 10.9 Å². The van der Waals surface area contributed by atoms with Gasteiger partial charge in [-0.15, -0.1) is 0 Å². The highest BCUT2D eigenvalue weighted by molar-refractivity contribution is 5.80. The minimum atomic E-state index is -0.262. The summed E-state index contributed by atoms with van der Waals surface area (Å²) in [5, 5.41) is 1.13. The molecule has 3 nitrogen and oxygen atoms in total. The zero-order chi connectivity index (χ0) is 12.6. The minimum absolute atomic E-state index is 0.262. The molecule has 0 unspecified atom stereocenters. The monoisotopic (exact) mass is 242 g/mol. The molecule has 94 valence electrons. The number of benzene rings is 1. The van der Waals surface area contributed by atoms with Gasteiger partial charge in [-0.2, -0.15) is 0 Å². The summed E-state index contributed by atoms with van der Waals surface area (Å²) in [5.74, 6) is 0.679. The molecule has 1 aromatic carbocycles. The van der Waals surface area contributed by atoms with E-state index in [4.69, 9.17) is 10.5 Å². The fraction of sp³-hybridized carbons (Fsp3) is 0.400. The van der Waals surface area contributed by atoms with Crippen LogP contribution in [0.2, 0.25) is 0 Å². The molecule has 2 aromatic rings. The predicted molar refractivity (Wildman–Crippen MR) is 72.6 cm³/mol. The van der Waals surface area contributed by atoms with Crippen LogP contribution in [0.25, 0.3) is 10.9 Å². The molecule has 0 spiro atoms. The molecule has 1 heterocycles. The van der Waals surface area contributed by atoms with Crippen LogP contribution >= 0.6 is 0 Å². The van der Waals surface area contributed by atoms with E-state index in [1.165, 1.54) is 12.8 Å². The Morgan fingerprint density at radius 2 is 1.94 bits per heavy atom. The van der Waals surface area contributed by atoms with Crippen molar-refractivity contribution in [1.29, 1.82) is 0 Å². The van der Waals surface area contributed by atoms with Gasteiger partial charge in [0.1, 0.15) is 0 Å². The topological polar surface area (TPSA) is 48.1 Å². The van der Waals surface area contributed by atoms with Gasteiger partial charge in [0.2, 0.25) is 5.88 Å². The highest BCUT2D eigenvalue weighted by atomic mass is 16.5. The molecule has 3 rings (SSSR count). The van der Waals surface area contributed by atoms with Gasteiger partial charge < -0.3 is 10.5 Å². The van der Waals surface area contributed by atoms with Crippen molar-refractivity contribution in [1.82, 2.24) is 4.98 Å². The molecule has 1 aromatic heterocycles. The first kappa shape index (κ1) is 11.5. The molecule has 1 saturated carbocycles. The van der Waals surface area contributed by atoms with E-state index in [0.29, 0.717) is 5.88 Å². The Hall–Kier alpha value is -1.61. The van der Waals surface area contributed by atoms with Gasteiger partial charge in [-0.05, 0) is 25.0 Å². The lowest BCUT2D eigenvalue weighted by atomic mass is 9.89. The van der Waals surface area contributed by atoms with E-state index in [9.17, 15) is 0 Å². The van der Waals surface area contributed by atoms with Crippen molar-refractivity contribution in [3.8, 4) is 5.88 Å². The zero-order valence-corrected chi connectivity index (χ0v) is 10.6. The number of nitrogens with zero attached hydrogens (tertiary/aromatic N) is 1. The van der Waals surface area contributed by atoms with Crippen LogP contribution in [0.3, 0.4) is 0 Å². The van der Waals surface area contributed by atoms with Gasteiger partial charge in [0, 0.05) is 16.5 Å². The first-order valence-electron chi connectivity index (χ1n) is 6.46. The second kappa shape index (κ2) is 4.25. The molecule has 2 N–H and O–H groups in total. The van der Waals surface area contributed by atoms with E-state index in [0.717, 1.165) is 29.3 Å². The molecule has 1 aliphatic carbocycles. The average Bonchev–Trinajstić information content (AvgIpc) is 2.85. The quantitative estimate of drug-likeness (QED) is 0.880. The van der Waals surface area contributed by atoms with Crippen molar-refractivity contribution in [3.63, 3.8) is 0 Å². The minimum Gasteiger partial charge on any atom is -0.481 e. The van der Waals surface area contributed by atoms with Gasteiger partial charge in [0.25, 0.3) is 0 Å². The molecular formula is C15H18N2O. The Kier molecular flexibility index (Phi) is 2.71. The van der Waals surface area contributed by atoms with Crippen molar-refractivity contribution in [3.05, 3.63) is 35.9 Å². The van der Waals surface area contributed by atoms with Gasteiger partial charge in [-0.3, -0.25) is 0 Å². The SMILES string of the molecule is COc1nc2ccccc2cc1C1(N)CCCC1. The van der Waals surface area contributed by atoms with E-state index < -0.39 is 0 Å². The number of hydrogen-bond donors (Lipinski definition) is 1. The number of fused-ring (bicyclic) bond motifs is 1. The summed E-state index contributed by atoms with van der Waals surface area (Å²) in [6.07, 6.45) is 4.41. The second-order valence-corrected chi connectivity index (χ2v) is 5.10. The molecule has 18 heavy (non-hydrogen) atoms. The zero-order valence-electron chi connectivity index (χ0n) is 10.6. The van der Waals surface area contributed by atoms with E-state index in [-0.39, 0.29) is 5.54 Å². The van der Waals surface area contributed by atoms with Crippen molar-refractivity contribution < 1.29 is 4.74 Å². The normalized spacial score (nSPS) is 18.1. The van der Waals surface area contributed by atoms with Gasteiger partial charge in [0.15, 0.2) is 0 Å². The third kappa shape index (κ3) is 1.75. The molecule has 0 aliphatic heterocycles. The lowest BCUT2D eigenvalue weighted by molar-refractivity contribution is 0.366. The third-order valence-corrected chi connectivity index (χ3v) is 3.91. The molecular weight excluding hydrogens is 224 g/mol. The first-order valence-corrected chi connectivity index (χ1v) is 6.46. The van der Waals surface area contributed by atoms with Crippen molar-refractivity contribution in [2.24, 2.45) is 5.73 Å². The molecule has 1 fully saturated rings. The number of pyridine rings is 1. The fourth-order valence-corrected chi connectivity index (χ4v) is 2.89. The van der Waals surface area contributed by atoms with Crippen LogP contribution in [-0.2, 0) is 5.54 Å². The van der Waals surface area contributed by atoms with E-state index >= 15 is 0 Å². The summed E-state index contributed by atoms with van der Waals surface area (Å²) >= 11 is 0. The number of hydrogen-bond acceptors (Lipinski definition) is 3. The van der Waals surface area contributed by atoms with Gasteiger partial charge in [-0.25, -0.2) is 4.98 Å². The third-order valence-electron chi connectivity index (χ3n) is 3.91. The summed E-state index contributed by atoms with van der Waals surface area (Å²) in [5.41, 5.74) is 8.28. The summed E-state index contributed by atoms with van der Waals surface area (Å²) < 4.78 is 5.44. The maximum absolute atomic E-state index is 6.53. The highest BCUT2D eigenvalue weighted by Gasteiger charge is 2.34. The summed E-state index contributed by atoms with van der Waals surface area (Å²) in [6.45, 7) is 0. The van der Waals surface area contributed by atoms with Gasteiger partial charge >= 0.3 is 0 Å². The van der Waals surface area contributed by atoms with Crippen LogP contribution in [0.15, 0.2) is 30.3 Å². The number of aromatic nitrogens is 1. The highest BCUT2D eigenvalue weighted by Crippen LogP contribution is 2.40. The largest absolute Gasteiger partial charge is 0.481 e. The van der Waals surface area contributed by atoms with Crippen molar-refractivity contribution in [2.75, 3.05) is 7.11 Å². The van der Waals surface area contributed by atoms with Crippen LogP contribution in [0.1, 0.15) is 31.2 Å². The van der Waals surface area contributed by atoms with Crippen LogP contribution in [-0.4, -0.2) is 12.1 Å². The summed E-state index contributed by atoms with van der Waals surface area (Å²) in [6, 6.07) is 10.2. The molecule has 3 heteroatoms. The van der Waals surface area contributed by atoms with Crippen LogP contribution in [0.5, 0.6) is 5.88 Å². The number of para-hydroxylation sites is 1. The fourth-order valence-electron chi connectivity index (χ4n) is 2.89. The smallest absolute Gasteiger partial charge is 0.218 e. The summed E-state index contributed by atoms with van der Waals surface area (Å²) in [4.78, 5) is 4.58. The lowest BCUT2D eigenvalue weighted by Crippen LogP contribution is -2.33. The van der Waals surface area contributed by atoms with Gasteiger partial charge in [0.05, 0.1) is 12.6 Å². The molecule has 0 radical (unpaired) electrons. The number of rotatable bonds is 2. The standard InChI is InChI=1S/C15H18N2O/c1-18-14-12(15(16)8-4-5-9-15)10-11-6-2-3-7-13(11)17-14/h2-3,6-7,10H,4-5,8-9,16H2,1H3. The molecule has 0 bridgehead atoms. The Bertz CT molecular complexity index is 574. The predicted octanol–water partition coefficient (Wildman–Crippen LogP) is 2.97. The number of methoxy groups -OCH3 is 1. The summed E-state index contributed by atoms with van der Waals surface area (Å²) in [7, 11) is 1.67. The Balaban J connectivity index is 2.20. The van der Waals surface area contributed by atoms with Crippen LogP contribution < -0.4 is 10.5 Å². The number of nitrogens with two attached hydrogens (primary N) is 1. The van der Waals surface area contributed by atoms with Gasteiger partial charge in [-0.1, -0.05) is 31.0 Å². The van der Waals surface area contributed by atoms with E-state index in [1.54, 1.807) is 7.11 Å². The van der Waals surface area contributed by atoms with Crippen molar-refractivity contribution in [2.45, 2.75) is 31.2 Å². The van der Waals surface area contributed by atoms with E-state index in [1.807, 2.05) is 18.2 Å². The maximum Gasteiger partial charge on any atom is 0.218 e. The Labute approximate surface area is 107 Å². The molecule has 0 saturated heterocycles. The van der Waals surface area contributed by atoms with Crippen LogP contribution in [0.4, 0.5) is 0 Å². The Morgan fingerprint density at radius 1 is 1.22 bits per heavy atom. The average molecular weight is 242 g/mol. The molecule has 1 aliphatic rings. The van der Waals surface area contributed by atoms with E-state index in [2.05, 4.69) is 17.1 Å². The molecule has 0 amide bonds.